The molecule has 2 atom stereocenters. The molecule has 5 heterocycles. The molecule has 1 aliphatic heterocycles. The van der Waals surface area contributed by atoms with E-state index in [-0.39, 0.29) is 0 Å². The maximum Gasteiger partial charge on any atom is 0.177 e. The van der Waals surface area contributed by atoms with Gasteiger partial charge in [0.1, 0.15) is 0 Å². The highest BCUT2D eigenvalue weighted by molar-refractivity contribution is 7.03. The SMILES string of the molecule is CCCCC(CC)C[Si]1(CC(CC)CCCC)c2cc(-c3c(-c4ccccc4)c(C)c4ccccn34)ccc2[C+](c2c(C)cccc2C)c2ccc(-c3c(-c4ccccc4)c(C)c4ccccn34)cc21. The monoisotopic (exact) mass is 934 g/mol. The molecule has 0 radical (unpaired) electrons. The van der Waals surface area contributed by atoms with Gasteiger partial charge in [0.05, 0.1) is 34.0 Å². The van der Waals surface area contributed by atoms with Crippen molar-refractivity contribution in [2.24, 2.45) is 11.8 Å². The normalized spacial score (nSPS) is 14.0. The molecule has 0 bridgehead atoms. The minimum Gasteiger partial charge on any atom is -0.316 e. The molecule has 4 aromatic heterocycles. The van der Waals surface area contributed by atoms with Crippen LogP contribution < -0.4 is 10.4 Å². The number of aryl methyl sites for hydroxylation is 4. The summed E-state index contributed by atoms with van der Waals surface area (Å²) in [6.07, 6.45) is 14.6. The topological polar surface area (TPSA) is 8.82 Å². The molecule has 1 aliphatic rings. The van der Waals surface area contributed by atoms with E-state index in [1.807, 2.05) is 0 Å². The van der Waals surface area contributed by atoms with E-state index < -0.39 is 8.07 Å². The average molecular weight is 934 g/mol. The Bertz CT molecular complexity index is 3060. The summed E-state index contributed by atoms with van der Waals surface area (Å²) in [6, 6.07) is 61.0. The molecule has 354 valence electrons. The first kappa shape index (κ1) is 47.4. The van der Waals surface area contributed by atoms with E-state index in [9.17, 15) is 0 Å². The fraction of sp³-hybridized carbons (Fsp3) is 0.299. The molecule has 9 aromatic rings. The zero-order chi connectivity index (χ0) is 48.5. The van der Waals surface area contributed by atoms with Gasteiger partial charge in [-0.15, -0.1) is 0 Å². The minimum atomic E-state index is -2.68. The summed E-state index contributed by atoms with van der Waals surface area (Å²) in [5, 5.41) is 3.30. The van der Waals surface area contributed by atoms with E-state index in [1.54, 1.807) is 10.4 Å². The van der Waals surface area contributed by atoms with Crippen LogP contribution in [0.2, 0.25) is 12.1 Å². The first-order valence-corrected chi connectivity index (χ1v) is 29.2. The Morgan fingerprint density at radius 1 is 0.457 bits per heavy atom. The Morgan fingerprint density at radius 2 is 0.886 bits per heavy atom. The number of hydrogen-bond donors (Lipinski definition) is 0. The van der Waals surface area contributed by atoms with Crippen LogP contribution in [0.1, 0.15) is 118 Å². The molecule has 0 amide bonds. The molecule has 2 unspecified atom stereocenters. The number of unbranched alkanes of at least 4 members (excludes halogenated alkanes) is 2. The largest absolute Gasteiger partial charge is 0.316 e. The molecule has 70 heavy (non-hydrogen) atoms. The van der Waals surface area contributed by atoms with Gasteiger partial charge in [-0.05, 0) is 157 Å². The fourth-order valence-electron chi connectivity index (χ4n) is 13.0. The molecule has 3 heteroatoms. The van der Waals surface area contributed by atoms with Crippen molar-refractivity contribution in [2.75, 3.05) is 0 Å². The Morgan fingerprint density at radius 3 is 1.30 bits per heavy atom. The van der Waals surface area contributed by atoms with Crippen molar-refractivity contribution in [1.82, 2.24) is 8.80 Å². The van der Waals surface area contributed by atoms with Crippen molar-refractivity contribution in [3.63, 3.8) is 0 Å². The fourth-order valence-corrected chi connectivity index (χ4v) is 19.6. The van der Waals surface area contributed by atoms with Gasteiger partial charge in [-0.1, -0.05) is 158 Å². The van der Waals surface area contributed by atoms with Crippen LogP contribution in [0.15, 0.2) is 164 Å². The van der Waals surface area contributed by atoms with E-state index in [2.05, 4.69) is 228 Å². The van der Waals surface area contributed by atoms with Gasteiger partial charge in [0.15, 0.2) is 8.07 Å². The maximum absolute atomic E-state index is 2.77. The van der Waals surface area contributed by atoms with Crippen molar-refractivity contribution in [1.29, 1.82) is 0 Å². The van der Waals surface area contributed by atoms with E-state index >= 15 is 0 Å². The number of nitrogens with zero attached hydrogens (tertiary/aromatic N) is 2. The second kappa shape index (κ2) is 20.2. The van der Waals surface area contributed by atoms with Crippen LogP contribution in [-0.4, -0.2) is 16.9 Å². The third-order valence-corrected chi connectivity index (χ3v) is 22.0. The average Bonchev–Trinajstić information content (AvgIpc) is 3.87. The van der Waals surface area contributed by atoms with Crippen LogP contribution in [0.3, 0.4) is 0 Å². The Balaban J connectivity index is 1.35. The third kappa shape index (κ3) is 8.28. The number of benzene rings is 5. The second-order valence-corrected chi connectivity index (χ2v) is 24.9. The van der Waals surface area contributed by atoms with E-state index in [1.165, 1.54) is 164 Å². The van der Waals surface area contributed by atoms with Crippen molar-refractivity contribution in [3.8, 4) is 44.8 Å². The van der Waals surface area contributed by atoms with Crippen LogP contribution >= 0.6 is 0 Å². The van der Waals surface area contributed by atoms with Gasteiger partial charge in [-0.3, -0.25) is 0 Å². The van der Waals surface area contributed by atoms with Gasteiger partial charge in [0, 0.05) is 56.8 Å². The second-order valence-electron chi connectivity index (χ2n) is 20.8. The van der Waals surface area contributed by atoms with Crippen molar-refractivity contribution in [2.45, 2.75) is 119 Å². The summed E-state index contributed by atoms with van der Waals surface area (Å²) in [7, 11) is -2.68. The molecule has 10 rings (SSSR count). The molecule has 0 spiro atoms. The van der Waals surface area contributed by atoms with Gasteiger partial charge in [-0.25, -0.2) is 0 Å². The van der Waals surface area contributed by atoms with Crippen molar-refractivity contribution in [3.05, 3.63) is 209 Å². The lowest BCUT2D eigenvalue weighted by molar-refractivity contribution is 0.468. The first-order valence-electron chi connectivity index (χ1n) is 26.8. The van der Waals surface area contributed by atoms with Gasteiger partial charge in [-0.2, -0.15) is 0 Å². The zero-order valence-electron chi connectivity index (χ0n) is 43.2. The number of rotatable bonds is 17. The smallest absolute Gasteiger partial charge is 0.177 e. The highest BCUT2D eigenvalue weighted by Gasteiger charge is 2.53. The third-order valence-electron chi connectivity index (χ3n) is 16.6. The van der Waals surface area contributed by atoms with Crippen LogP contribution in [0, 0.1) is 45.4 Å². The Hall–Kier alpha value is -6.29. The van der Waals surface area contributed by atoms with Crippen LogP contribution in [0.4, 0.5) is 0 Å². The lowest BCUT2D eigenvalue weighted by atomic mass is 9.79. The molecular formula is C67H73N2Si+. The summed E-state index contributed by atoms with van der Waals surface area (Å²) in [6.45, 7) is 19.1. The number of aromatic nitrogens is 2. The lowest BCUT2D eigenvalue weighted by Crippen LogP contribution is -2.65. The molecule has 2 nitrogen and oxygen atoms in total. The maximum atomic E-state index is 2.77. The standard InChI is InChI=1S/C67H73N2Si/c1-9-13-28-50(11-3)44-70(45-51(12-4)29-14-10-2)60-42-54(66-63(52-30-17-15-18-31-52)48(7)58-34-21-23-40-68(58)66)36-38-56(60)65(62-46(5)26-25-27-47(62)6)57-39-37-55(43-61(57)70)67-64(53-32-19-16-20-33-53)49(8)59-35-22-24-41-69(59)67/h15-27,30-43,50-51H,9-14,28-29,44-45H2,1-8H3/q+1. The van der Waals surface area contributed by atoms with E-state index in [4.69, 9.17) is 0 Å². The molecule has 0 saturated heterocycles. The summed E-state index contributed by atoms with van der Waals surface area (Å²) in [5.74, 6) is 2.69. The molecule has 5 aromatic carbocycles. The molecule has 0 fully saturated rings. The Labute approximate surface area is 420 Å². The Kier molecular flexibility index (Phi) is 13.7. The number of hydrogen-bond acceptors (Lipinski definition) is 0. The van der Waals surface area contributed by atoms with Gasteiger partial charge in [0.25, 0.3) is 0 Å². The first-order chi connectivity index (χ1) is 34.2. The summed E-state index contributed by atoms with van der Waals surface area (Å²) >= 11 is 0. The van der Waals surface area contributed by atoms with Gasteiger partial charge < -0.3 is 8.80 Å². The number of pyridine rings is 2. The summed E-state index contributed by atoms with van der Waals surface area (Å²) in [4.78, 5) is 0. The molecule has 0 saturated carbocycles. The minimum absolute atomic E-state index is 0.637. The number of fused-ring (bicyclic) bond motifs is 4. The van der Waals surface area contributed by atoms with Gasteiger partial charge >= 0.3 is 0 Å². The zero-order valence-corrected chi connectivity index (χ0v) is 44.2. The predicted molar refractivity (Wildman–Crippen MR) is 304 cm³/mol. The van der Waals surface area contributed by atoms with Crippen LogP contribution in [0.25, 0.3) is 55.8 Å². The van der Waals surface area contributed by atoms with Crippen LogP contribution in [-0.2, 0) is 0 Å². The van der Waals surface area contributed by atoms with E-state index in [0.717, 1.165) is 0 Å². The van der Waals surface area contributed by atoms with Gasteiger partial charge in [0.2, 0.25) is 0 Å². The quantitative estimate of drug-likeness (QED) is 0.0635. The highest BCUT2D eigenvalue weighted by atomic mass is 28.3. The molecular weight excluding hydrogens is 861 g/mol. The van der Waals surface area contributed by atoms with Crippen LogP contribution in [0.5, 0.6) is 0 Å². The molecule has 0 aliphatic carbocycles. The van der Waals surface area contributed by atoms with E-state index in [0.29, 0.717) is 11.8 Å². The van der Waals surface area contributed by atoms with Crippen molar-refractivity contribution >= 4 is 29.5 Å². The summed E-state index contributed by atoms with van der Waals surface area (Å²) in [5.41, 5.74) is 22.7. The van der Waals surface area contributed by atoms with Crippen molar-refractivity contribution < 1.29 is 0 Å². The lowest BCUT2D eigenvalue weighted by Gasteiger charge is -2.43. The molecule has 0 N–H and O–H groups in total. The highest BCUT2D eigenvalue weighted by Crippen LogP contribution is 2.47. The predicted octanol–water partition coefficient (Wildman–Crippen LogP) is 17.4. The summed E-state index contributed by atoms with van der Waals surface area (Å²) < 4.78 is 4.98.